The minimum Gasteiger partial charge on any atom is -0.454 e. The fraction of sp³-hybridized carbons (Fsp3) is 0.526. The minimum atomic E-state index is -4.49. The third kappa shape index (κ3) is 7.21. The zero-order valence-corrected chi connectivity index (χ0v) is 15.3. The molecule has 6 nitrogen and oxygen atoms in total. The summed E-state index contributed by atoms with van der Waals surface area (Å²) in [7, 11) is 0. The Labute approximate surface area is 160 Å². The fourth-order valence-electron chi connectivity index (χ4n) is 2.96. The van der Waals surface area contributed by atoms with Gasteiger partial charge in [0.25, 0.3) is 11.8 Å². The van der Waals surface area contributed by atoms with E-state index in [0.29, 0.717) is 0 Å². The Bertz CT molecular complexity index is 681. The monoisotopic (exact) mass is 400 g/mol. The van der Waals surface area contributed by atoms with Crippen LogP contribution in [-0.2, 0) is 20.5 Å². The largest absolute Gasteiger partial charge is 0.454 e. The van der Waals surface area contributed by atoms with Crippen LogP contribution in [0.25, 0.3) is 0 Å². The number of amides is 2. The highest BCUT2D eigenvalue weighted by Crippen LogP contribution is 2.29. The van der Waals surface area contributed by atoms with Crippen molar-refractivity contribution in [1.29, 1.82) is 0 Å². The first-order chi connectivity index (χ1) is 13.3. The van der Waals surface area contributed by atoms with Crippen LogP contribution in [0.3, 0.4) is 0 Å². The summed E-state index contributed by atoms with van der Waals surface area (Å²) in [6.45, 7) is -0.929. The van der Waals surface area contributed by atoms with Gasteiger partial charge in [-0.05, 0) is 37.1 Å². The molecule has 2 rings (SSSR count). The molecule has 1 aromatic rings. The number of carbonyl (C=O) groups excluding carboxylic acids is 3. The standard InChI is InChI=1S/C19H23F3N2O4/c20-19(21,22)14-9-7-13(8-10-14)18(27)23-11-17(26)28-12-16(25)24-15-5-3-1-2-4-6-15/h7-10,15H,1-6,11-12H2,(H,23,27)(H,24,25). The number of esters is 1. The lowest BCUT2D eigenvalue weighted by atomic mass is 10.1. The van der Waals surface area contributed by atoms with Gasteiger partial charge in [0.15, 0.2) is 6.61 Å². The van der Waals surface area contributed by atoms with Gasteiger partial charge in [-0.25, -0.2) is 0 Å². The summed E-state index contributed by atoms with van der Waals surface area (Å²) < 4.78 is 42.3. The quantitative estimate of drug-likeness (QED) is 0.568. The van der Waals surface area contributed by atoms with E-state index < -0.39 is 42.7 Å². The molecule has 1 saturated carbocycles. The number of nitrogens with one attached hydrogen (secondary N) is 2. The summed E-state index contributed by atoms with van der Waals surface area (Å²) in [6.07, 6.45) is 1.74. The van der Waals surface area contributed by atoms with E-state index in [4.69, 9.17) is 4.74 Å². The Balaban J connectivity index is 1.69. The summed E-state index contributed by atoms with van der Waals surface area (Å²) in [5.74, 6) is -1.92. The van der Waals surface area contributed by atoms with E-state index in [0.717, 1.165) is 62.8 Å². The normalized spacial score (nSPS) is 15.4. The van der Waals surface area contributed by atoms with Gasteiger partial charge in [-0.3, -0.25) is 14.4 Å². The van der Waals surface area contributed by atoms with Crippen molar-refractivity contribution in [2.45, 2.75) is 50.7 Å². The molecule has 0 bridgehead atoms. The maximum atomic E-state index is 12.5. The second kappa shape index (κ2) is 10.1. The number of ether oxygens (including phenoxy) is 1. The molecular formula is C19H23F3N2O4. The molecule has 1 fully saturated rings. The molecule has 0 atom stereocenters. The summed E-state index contributed by atoms with van der Waals surface area (Å²) in [5.41, 5.74) is -0.893. The van der Waals surface area contributed by atoms with Crippen LogP contribution < -0.4 is 10.6 Å². The number of rotatable bonds is 6. The highest BCUT2D eigenvalue weighted by molar-refractivity contribution is 5.96. The summed E-state index contributed by atoms with van der Waals surface area (Å²) >= 11 is 0. The van der Waals surface area contributed by atoms with E-state index in [9.17, 15) is 27.6 Å². The maximum absolute atomic E-state index is 12.5. The number of alkyl halides is 3. The molecule has 1 aromatic carbocycles. The Morgan fingerprint density at radius 2 is 1.61 bits per heavy atom. The topological polar surface area (TPSA) is 84.5 Å². The molecule has 0 aromatic heterocycles. The molecular weight excluding hydrogens is 377 g/mol. The first-order valence-electron chi connectivity index (χ1n) is 9.16. The van der Waals surface area contributed by atoms with Crippen molar-refractivity contribution in [2.24, 2.45) is 0 Å². The van der Waals surface area contributed by atoms with Gasteiger partial charge in [0.05, 0.1) is 5.56 Å². The SMILES string of the molecule is O=C(COC(=O)CNC(=O)c1ccc(C(F)(F)F)cc1)NC1CCCCCC1. The Kier molecular flexibility index (Phi) is 7.83. The van der Waals surface area contributed by atoms with Gasteiger partial charge < -0.3 is 15.4 Å². The molecule has 1 aliphatic carbocycles. The molecule has 0 heterocycles. The summed E-state index contributed by atoms with van der Waals surface area (Å²) in [6, 6.07) is 3.69. The lowest BCUT2D eigenvalue weighted by Gasteiger charge is -2.16. The van der Waals surface area contributed by atoms with Crippen molar-refractivity contribution in [3.8, 4) is 0 Å². The van der Waals surface area contributed by atoms with Crippen LogP contribution in [0.1, 0.15) is 54.4 Å². The molecule has 0 aliphatic heterocycles. The van der Waals surface area contributed by atoms with Crippen molar-refractivity contribution >= 4 is 17.8 Å². The van der Waals surface area contributed by atoms with Crippen molar-refractivity contribution in [2.75, 3.05) is 13.2 Å². The van der Waals surface area contributed by atoms with E-state index in [2.05, 4.69) is 10.6 Å². The highest BCUT2D eigenvalue weighted by atomic mass is 19.4. The van der Waals surface area contributed by atoms with Crippen LogP contribution in [0.2, 0.25) is 0 Å². The minimum absolute atomic E-state index is 0.0214. The second-order valence-electron chi connectivity index (χ2n) is 6.67. The molecule has 154 valence electrons. The molecule has 1 aliphatic rings. The predicted molar refractivity (Wildman–Crippen MR) is 94.4 cm³/mol. The number of benzene rings is 1. The van der Waals surface area contributed by atoms with E-state index in [1.807, 2.05) is 0 Å². The highest BCUT2D eigenvalue weighted by Gasteiger charge is 2.30. The third-order valence-corrected chi connectivity index (χ3v) is 4.45. The van der Waals surface area contributed by atoms with Crippen molar-refractivity contribution in [3.63, 3.8) is 0 Å². The summed E-state index contributed by atoms with van der Waals surface area (Å²) in [5, 5.41) is 5.07. The van der Waals surface area contributed by atoms with Crippen LogP contribution in [0, 0.1) is 0 Å². The van der Waals surface area contributed by atoms with Gasteiger partial charge in [0.1, 0.15) is 6.54 Å². The summed E-state index contributed by atoms with van der Waals surface area (Å²) in [4.78, 5) is 35.3. The molecule has 0 spiro atoms. The second-order valence-corrected chi connectivity index (χ2v) is 6.67. The fourth-order valence-corrected chi connectivity index (χ4v) is 2.96. The maximum Gasteiger partial charge on any atom is 0.416 e. The first-order valence-corrected chi connectivity index (χ1v) is 9.16. The number of carbonyl (C=O) groups is 3. The van der Waals surface area contributed by atoms with E-state index in [1.165, 1.54) is 0 Å². The van der Waals surface area contributed by atoms with Crippen LogP contribution >= 0.6 is 0 Å². The average molecular weight is 400 g/mol. The van der Waals surface area contributed by atoms with E-state index in [1.54, 1.807) is 0 Å². The molecule has 2 amide bonds. The van der Waals surface area contributed by atoms with Crippen LogP contribution in [-0.4, -0.2) is 37.0 Å². The molecule has 0 unspecified atom stereocenters. The number of halogens is 3. The Hall–Kier alpha value is -2.58. The van der Waals surface area contributed by atoms with Crippen molar-refractivity contribution < 1.29 is 32.3 Å². The average Bonchev–Trinajstić information content (AvgIpc) is 2.92. The van der Waals surface area contributed by atoms with E-state index in [-0.39, 0.29) is 11.6 Å². The molecule has 9 heteroatoms. The van der Waals surface area contributed by atoms with Gasteiger partial charge >= 0.3 is 12.1 Å². The molecule has 0 radical (unpaired) electrons. The first kappa shape index (κ1) is 21.7. The zero-order chi connectivity index (χ0) is 20.6. The van der Waals surface area contributed by atoms with Crippen molar-refractivity contribution in [1.82, 2.24) is 10.6 Å². The molecule has 2 N–H and O–H groups in total. The van der Waals surface area contributed by atoms with Gasteiger partial charge in [-0.2, -0.15) is 13.2 Å². The van der Waals surface area contributed by atoms with Crippen LogP contribution in [0.4, 0.5) is 13.2 Å². The van der Waals surface area contributed by atoms with Crippen molar-refractivity contribution in [3.05, 3.63) is 35.4 Å². The molecule has 0 saturated heterocycles. The Morgan fingerprint density at radius 1 is 1.00 bits per heavy atom. The number of hydrogen-bond acceptors (Lipinski definition) is 4. The van der Waals surface area contributed by atoms with Crippen LogP contribution in [0.15, 0.2) is 24.3 Å². The van der Waals surface area contributed by atoms with Gasteiger partial charge in [-0.1, -0.05) is 25.7 Å². The Morgan fingerprint density at radius 3 is 2.18 bits per heavy atom. The predicted octanol–water partition coefficient (Wildman–Crippen LogP) is 2.82. The van der Waals surface area contributed by atoms with Crippen LogP contribution in [0.5, 0.6) is 0 Å². The van der Waals surface area contributed by atoms with E-state index >= 15 is 0 Å². The third-order valence-electron chi connectivity index (χ3n) is 4.45. The van der Waals surface area contributed by atoms with Gasteiger partial charge in [0, 0.05) is 11.6 Å². The van der Waals surface area contributed by atoms with Gasteiger partial charge in [-0.15, -0.1) is 0 Å². The smallest absolute Gasteiger partial charge is 0.416 e. The number of hydrogen-bond donors (Lipinski definition) is 2. The lowest BCUT2D eigenvalue weighted by molar-refractivity contribution is -0.147. The lowest BCUT2D eigenvalue weighted by Crippen LogP contribution is -2.38. The van der Waals surface area contributed by atoms with Gasteiger partial charge in [0.2, 0.25) is 0 Å². The molecule has 28 heavy (non-hydrogen) atoms. The zero-order valence-electron chi connectivity index (χ0n) is 15.3.